The number of methoxy groups -OCH3 is 1. The predicted octanol–water partition coefficient (Wildman–Crippen LogP) is 3.08. The maximum absolute atomic E-state index is 14.0. The van der Waals surface area contributed by atoms with Crippen molar-refractivity contribution in [3.63, 3.8) is 0 Å². The van der Waals surface area contributed by atoms with Crippen molar-refractivity contribution < 1.29 is 18.7 Å². The lowest BCUT2D eigenvalue weighted by molar-refractivity contribution is 0.0276. The van der Waals surface area contributed by atoms with Gasteiger partial charge in [0.05, 0.1) is 12.7 Å². The summed E-state index contributed by atoms with van der Waals surface area (Å²) in [6.07, 6.45) is -0.628. The second-order valence-electron chi connectivity index (χ2n) is 4.31. The lowest BCUT2D eigenvalue weighted by atomic mass is 9.97. The molecule has 0 aliphatic rings. The van der Waals surface area contributed by atoms with Crippen LogP contribution in [0.1, 0.15) is 31.1 Å². The number of hydrogen-bond donors (Lipinski definition) is 0. The normalized spacial score (nSPS) is 12.6. The molecule has 4 heteroatoms. The fourth-order valence-electron chi connectivity index (χ4n) is 1.76. The first-order valence-electron chi connectivity index (χ1n) is 6.01. The van der Waals surface area contributed by atoms with Crippen LogP contribution in [0.4, 0.5) is 4.39 Å². The Morgan fingerprint density at radius 2 is 2.06 bits per heavy atom. The van der Waals surface area contributed by atoms with Gasteiger partial charge < -0.3 is 9.47 Å². The monoisotopic (exact) mass is 254 g/mol. The van der Waals surface area contributed by atoms with Crippen LogP contribution in [0.25, 0.3) is 0 Å². The van der Waals surface area contributed by atoms with Gasteiger partial charge in [0.2, 0.25) is 0 Å². The molecule has 0 heterocycles. The molecule has 0 fully saturated rings. The molecule has 1 aromatic carbocycles. The number of hydrogen-bond acceptors (Lipinski definition) is 3. The van der Waals surface area contributed by atoms with Gasteiger partial charge in [0.15, 0.2) is 17.3 Å². The first-order valence-corrected chi connectivity index (χ1v) is 6.01. The van der Waals surface area contributed by atoms with E-state index in [-0.39, 0.29) is 23.0 Å². The number of rotatable bonds is 6. The minimum absolute atomic E-state index is 0.0111. The highest BCUT2D eigenvalue weighted by molar-refractivity contribution is 6.00. The molecule has 0 aromatic heterocycles. The number of carbonyl (C=O) groups excluding carboxylic acids is 1. The van der Waals surface area contributed by atoms with Crippen LogP contribution >= 0.6 is 0 Å². The zero-order chi connectivity index (χ0) is 13.7. The fourth-order valence-corrected chi connectivity index (χ4v) is 1.76. The van der Waals surface area contributed by atoms with Crippen molar-refractivity contribution in [1.82, 2.24) is 0 Å². The van der Waals surface area contributed by atoms with Crippen molar-refractivity contribution in [2.75, 3.05) is 13.7 Å². The molecule has 0 aliphatic carbocycles. The number of Topliss-reactive ketones (excluding diaryl/α,β-unsaturated/α-hetero) is 1. The Morgan fingerprint density at radius 3 is 2.56 bits per heavy atom. The highest BCUT2D eigenvalue weighted by atomic mass is 19.1. The first kappa shape index (κ1) is 14.6. The zero-order valence-electron chi connectivity index (χ0n) is 11.2. The lowest BCUT2D eigenvalue weighted by Crippen LogP contribution is -2.30. The molecule has 18 heavy (non-hydrogen) atoms. The average molecular weight is 254 g/mol. The minimum atomic E-state index is -0.629. The molecular formula is C14H19FO3. The van der Waals surface area contributed by atoms with Crippen molar-refractivity contribution >= 4 is 5.78 Å². The van der Waals surface area contributed by atoms with Gasteiger partial charge in [-0.05, 0) is 25.0 Å². The molecule has 0 bridgehead atoms. The van der Waals surface area contributed by atoms with Crippen LogP contribution in [0.2, 0.25) is 0 Å². The van der Waals surface area contributed by atoms with Crippen LogP contribution < -0.4 is 4.74 Å². The summed E-state index contributed by atoms with van der Waals surface area (Å²) in [4.78, 5) is 12.2. The van der Waals surface area contributed by atoms with Crippen molar-refractivity contribution in [2.45, 2.75) is 26.9 Å². The maximum atomic E-state index is 14.0. The third kappa shape index (κ3) is 3.07. The number of benzene rings is 1. The summed E-state index contributed by atoms with van der Waals surface area (Å²) >= 11 is 0. The third-order valence-electron chi connectivity index (χ3n) is 2.66. The topological polar surface area (TPSA) is 35.5 Å². The van der Waals surface area contributed by atoms with Gasteiger partial charge in [0.1, 0.15) is 6.10 Å². The summed E-state index contributed by atoms with van der Waals surface area (Å²) in [5.74, 6) is -0.915. The molecule has 0 aliphatic heterocycles. The van der Waals surface area contributed by atoms with Crippen molar-refractivity contribution in [1.29, 1.82) is 0 Å². The second kappa shape index (κ2) is 6.50. The number of ether oxygens (including phenoxy) is 2. The zero-order valence-corrected chi connectivity index (χ0v) is 11.2. The van der Waals surface area contributed by atoms with Gasteiger partial charge >= 0.3 is 0 Å². The molecular weight excluding hydrogens is 235 g/mol. The van der Waals surface area contributed by atoms with Crippen LogP contribution in [0.15, 0.2) is 18.2 Å². The Labute approximate surface area is 107 Å². The molecule has 0 saturated carbocycles. The van der Waals surface area contributed by atoms with E-state index in [1.807, 2.05) is 20.8 Å². The molecule has 0 radical (unpaired) electrons. The average Bonchev–Trinajstić information content (AvgIpc) is 2.35. The summed E-state index contributed by atoms with van der Waals surface area (Å²) in [5, 5.41) is 0. The van der Waals surface area contributed by atoms with Crippen LogP contribution in [-0.2, 0) is 4.74 Å². The molecule has 3 nitrogen and oxygen atoms in total. The molecule has 1 atom stereocenters. The minimum Gasteiger partial charge on any atom is -0.494 e. The van der Waals surface area contributed by atoms with E-state index in [1.54, 1.807) is 6.07 Å². The Balaban J connectivity index is 3.09. The standard InChI is InChI=1S/C14H19FO3/c1-5-18-14(9(2)3)13(16)10-7-6-8-11(17-4)12(10)15/h6-9,14H,5H2,1-4H3. The highest BCUT2D eigenvalue weighted by Crippen LogP contribution is 2.23. The highest BCUT2D eigenvalue weighted by Gasteiger charge is 2.27. The van der Waals surface area contributed by atoms with E-state index in [0.717, 1.165) is 0 Å². The molecule has 1 rings (SSSR count). The largest absolute Gasteiger partial charge is 0.494 e. The van der Waals surface area contributed by atoms with Crippen LogP contribution in [0, 0.1) is 11.7 Å². The summed E-state index contributed by atoms with van der Waals surface area (Å²) in [6, 6.07) is 4.53. The van der Waals surface area contributed by atoms with Crippen molar-refractivity contribution in [2.24, 2.45) is 5.92 Å². The molecule has 100 valence electrons. The number of carbonyl (C=O) groups is 1. The molecule has 1 aromatic rings. The third-order valence-corrected chi connectivity index (χ3v) is 2.66. The van der Waals surface area contributed by atoms with Gasteiger partial charge in [-0.3, -0.25) is 4.79 Å². The summed E-state index contributed by atoms with van der Waals surface area (Å²) < 4.78 is 24.2. The smallest absolute Gasteiger partial charge is 0.194 e. The van der Waals surface area contributed by atoms with Crippen molar-refractivity contribution in [3.8, 4) is 5.75 Å². The second-order valence-corrected chi connectivity index (χ2v) is 4.31. The Morgan fingerprint density at radius 1 is 1.39 bits per heavy atom. The van der Waals surface area contributed by atoms with Gasteiger partial charge in [0.25, 0.3) is 0 Å². The maximum Gasteiger partial charge on any atom is 0.194 e. The Hall–Kier alpha value is -1.42. The van der Waals surface area contributed by atoms with Gasteiger partial charge in [0, 0.05) is 6.61 Å². The van der Waals surface area contributed by atoms with Crippen molar-refractivity contribution in [3.05, 3.63) is 29.6 Å². The van der Waals surface area contributed by atoms with Crippen LogP contribution in [0.3, 0.4) is 0 Å². The molecule has 0 saturated heterocycles. The van der Waals surface area contributed by atoms with E-state index < -0.39 is 11.9 Å². The van der Waals surface area contributed by atoms with Crippen LogP contribution in [-0.4, -0.2) is 25.6 Å². The van der Waals surface area contributed by atoms with E-state index in [2.05, 4.69) is 0 Å². The van der Waals surface area contributed by atoms with Gasteiger partial charge in [-0.1, -0.05) is 19.9 Å². The molecule has 1 unspecified atom stereocenters. The van der Waals surface area contributed by atoms with Gasteiger partial charge in [-0.15, -0.1) is 0 Å². The fraction of sp³-hybridized carbons (Fsp3) is 0.500. The SMILES string of the molecule is CCOC(C(=O)c1cccc(OC)c1F)C(C)C. The molecule has 0 N–H and O–H groups in total. The summed E-state index contributed by atoms with van der Waals surface area (Å²) in [7, 11) is 1.37. The Kier molecular flexibility index (Phi) is 5.28. The Bertz CT molecular complexity index is 416. The summed E-state index contributed by atoms with van der Waals surface area (Å²) in [5.41, 5.74) is 0.0153. The van der Waals surface area contributed by atoms with E-state index >= 15 is 0 Å². The van der Waals surface area contributed by atoms with E-state index in [0.29, 0.717) is 6.61 Å². The van der Waals surface area contributed by atoms with Gasteiger partial charge in [-0.25, -0.2) is 4.39 Å². The number of ketones is 1. The molecule has 0 spiro atoms. The van der Waals surface area contributed by atoms with E-state index in [4.69, 9.17) is 9.47 Å². The van der Waals surface area contributed by atoms with Crippen LogP contribution in [0.5, 0.6) is 5.75 Å². The van der Waals surface area contributed by atoms with E-state index in [1.165, 1.54) is 19.2 Å². The predicted molar refractivity (Wildman–Crippen MR) is 67.5 cm³/mol. The lowest BCUT2D eigenvalue weighted by Gasteiger charge is -2.20. The summed E-state index contributed by atoms with van der Waals surface area (Å²) in [6.45, 7) is 5.97. The molecule has 0 amide bonds. The quantitative estimate of drug-likeness (QED) is 0.732. The van der Waals surface area contributed by atoms with Gasteiger partial charge in [-0.2, -0.15) is 0 Å². The van der Waals surface area contributed by atoms with E-state index in [9.17, 15) is 9.18 Å². The first-order chi connectivity index (χ1) is 8.52. The number of halogens is 1.